The van der Waals surface area contributed by atoms with E-state index < -0.39 is 11.7 Å². The molecular formula is C28H34F3NO3. The van der Waals surface area contributed by atoms with Gasteiger partial charge in [-0.2, -0.15) is 13.2 Å². The number of nitrogens with zero attached hydrogens (tertiary/aromatic N) is 1. The molecule has 0 radical (unpaired) electrons. The van der Waals surface area contributed by atoms with E-state index in [2.05, 4.69) is 25.7 Å². The molecule has 0 bridgehead atoms. The van der Waals surface area contributed by atoms with Gasteiger partial charge in [-0.05, 0) is 55.6 Å². The lowest BCUT2D eigenvalue weighted by molar-refractivity contribution is -0.138. The second-order valence-corrected chi connectivity index (χ2v) is 11.0. The first-order valence-corrected chi connectivity index (χ1v) is 12.2. The van der Waals surface area contributed by atoms with Crippen molar-refractivity contribution in [3.05, 3.63) is 59.2 Å². The van der Waals surface area contributed by atoms with E-state index in [1.54, 1.807) is 12.1 Å². The van der Waals surface area contributed by atoms with Crippen molar-refractivity contribution in [3.8, 4) is 11.5 Å². The summed E-state index contributed by atoms with van der Waals surface area (Å²) in [5, 5.41) is 0. The van der Waals surface area contributed by atoms with E-state index in [1.807, 2.05) is 12.1 Å². The second kappa shape index (κ2) is 9.84. The summed E-state index contributed by atoms with van der Waals surface area (Å²) >= 11 is 0. The number of ether oxygens (including phenoxy) is 2. The summed E-state index contributed by atoms with van der Waals surface area (Å²) in [7, 11) is 0. The molecule has 0 amide bonds. The van der Waals surface area contributed by atoms with Crippen molar-refractivity contribution in [2.75, 3.05) is 26.2 Å². The maximum Gasteiger partial charge on any atom is 0.416 e. The minimum absolute atomic E-state index is 0.0164. The van der Waals surface area contributed by atoms with Crippen LogP contribution in [0.15, 0.2) is 42.5 Å². The fourth-order valence-corrected chi connectivity index (χ4v) is 5.10. The summed E-state index contributed by atoms with van der Waals surface area (Å²) in [5.74, 6) is 1.67. The fraction of sp³-hybridized carbons (Fsp3) is 0.536. The first kappa shape index (κ1) is 25.5. The molecule has 0 atom stereocenters. The first-order valence-electron chi connectivity index (χ1n) is 12.2. The Labute approximate surface area is 205 Å². The molecule has 1 fully saturated rings. The van der Waals surface area contributed by atoms with Crippen molar-refractivity contribution >= 4 is 5.78 Å². The van der Waals surface area contributed by atoms with E-state index in [0.29, 0.717) is 31.0 Å². The maximum absolute atomic E-state index is 13.3. The molecular weight excluding hydrogens is 455 g/mol. The van der Waals surface area contributed by atoms with Crippen LogP contribution in [0.4, 0.5) is 13.2 Å². The molecule has 2 aliphatic heterocycles. The normalized spacial score (nSPS) is 17.8. The third-order valence-corrected chi connectivity index (χ3v) is 6.99. The number of halogens is 3. The number of alkyl halides is 3. The number of ketones is 1. The number of hydrogen-bond acceptors (Lipinski definition) is 4. The predicted molar refractivity (Wildman–Crippen MR) is 129 cm³/mol. The molecule has 4 nitrogen and oxygen atoms in total. The Morgan fingerprint density at radius 1 is 1.09 bits per heavy atom. The lowest BCUT2D eigenvalue weighted by Gasteiger charge is -2.38. The zero-order valence-electron chi connectivity index (χ0n) is 20.7. The topological polar surface area (TPSA) is 38.8 Å². The number of fused-ring (bicyclic) bond motifs is 2. The highest BCUT2D eigenvalue weighted by molar-refractivity contribution is 5.79. The van der Waals surface area contributed by atoms with Crippen molar-refractivity contribution in [3.63, 3.8) is 0 Å². The van der Waals surface area contributed by atoms with Crippen molar-refractivity contribution in [1.29, 1.82) is 0 Å². The van der Waals surface area contributed by atoms with Crippen molar-refractivity contribution < 1.29 is 27.4 Å². The minimum atomic E-state index is -4.42. The second-order valence-electron chi connectivity index (χ2n) is 11.0. The quantitative estimate of drug-likeness (QED) is 0.451. The molecule has 2 aromatic carbocycles. The van der Waals surface area contributed by atoms with Crippen LogP contribution in [0.1, 0.15) is 63.1 Å². The summed E-state index contributed by atoms with van der Waals surface area (Å²) < 4.78 is 51.7. The van der Waals surface area contributed by atoms with E-state index in [-0.39, 0.29) is 23.0 Å². The van der Waals surface area contributed by atoms with Gasteiger partial charge in [0.15, 0.2) is 0 Å². The highest BCUT2D eigenvalue weighted by atomic mass is 19.4. The van der Waals surface area contributed by atoms with Gasteiger partial charge in [-0.1, -0.05) is 39.0 Å². The Balaban J connectivity index is 1.38. The summed E-state index contributed by atoms with van der Waals surface area (Å²) in [6.07, 6.45) is -1.42. The maximum atomic E-state index is 13.3. The third-order valence-electron chi connectivity index (χ3n) is 6.99. The minimum Gasteiger partial charge on any atom is -0.492 e. The highest BCUT2D eigenvalue weighted by Crippen LogP contribution is 2.47. The molecule has 0 aromatic heterocycles. The summed E-state index contributed by atoms with van der Waals surface area (Å²) in [6.45, 7) is 9.24. The Bertz CT molecular complexity index is 1050. The molecule has 0 N–H and O–H groups in total. The van der Waals surface area contributed by atoms with Crippen molar-refractivity contribution in [2.45, 2.75) is 64.7 Å². The molecule has 7 heteroatoms. The molecule has 0 unspecified atom stereocenters. The lowest BCUT2D eigenvalue weighted by atomic mass is 9.74. The largest absolute Gasteiger partial charge is 0.492 e. The fourth-order valence-electron chi connectivity index (χ4n) is 5.10. The van der Waals surface area contributed by atoms with Gasteiger partial charge in [0, 0.05) is 35.9 Å². The van der Waals surface area contributed by atoms with Crippen LogP contribution in [-0.4, -0.2) is 36.9 Å². The van der Waals surface area contributed by atoms with Gasteiger partial charge < -0.3 is 14.4 Å². The average molecular weight is 490 g/mol. The van der Waals surface area contributed by atoms with Crippen molar-refractivity contribution in [2.24, 2.45) is 5.41 Å². The van der Waals surface area contributed by atoms with Crippen LogP contribution in [0.5, 0.6) is 11.5 Å². The van der Waals surface area contributed by atoms with Gasteiger partial charge in [0.25, 0.3) is 0 Å². The molecule has 0 saturated carbocycles. The molecule has 2 aliphatic rings. The lowest BCUT2D eigenvalue weighted by Crippen LogP contribution is -2.44. The molecule has 1 saturated heterocycles. The van der Waals surface area contributed by atoms with E-state index in [9.17, 15) is 18.0 Å². The SMILES string of the molecule is CC(C)(C)CC(=O)CCN1CCC2(CC1)COc1ccc(OCc3ccccc3C(F)(F)F)cc12. The van der Waals surface area contributed by atoms with E-state index in [4.69, 9.17) is 9.47 Å². The number of likely N-dealkylation sites (tertiary alicyclic amines) is 1. The van der Waals surface area contributed by atoms with Crippen LogP contribution in [0.3, 0.4) is 0 Å². The summed E-state index contributed by atoms with van der Waals surface area (Å²) in [5.41, 5.74) is 0.408. The Morgan fingerprint density at radius 3 is 2.49 bits per heavy atom. The zero-order valence-corrected chi connectivity index (χ0v) is 20.7. The Hall–Kier alpha value is -2.54. The number of piperidine rings is 1. The van der Waals surface area contributed by atoms with Gasteiger partial charge in [-0.15, -0.1) is 0 Å². The number of rotatable bonds is 7. The monoisotopic (exact) mass is 489 g/mol. The molecule has 0 aliphatic carbocycles. The van der Waals surface area contributed by atoms with Gasteiger partial charge in [0.2, 0.25) is 0 Å². The highest BCUT2D eigenvalue weighted by Gasteiger charge is 2.43. The summed E-state index contributed by atoms with van der Waals surface area (Å²) in [4.78, 5) is 14.6. The van der Waals surface area contributed by atoms with Gasteiger partial charge in [-0.25, -0.2) is 0 Å². The van der Waals surface area contributed by atoms with Crippen LogP contribution in [0.2, 0.25) is 0 Å². The molecule has 190 valence electrons. The zero-order chi connectivity index (χ0) is 25.3. The number of hydrogen-bond donors (Lipinski definition) is 0. The summed E-state index contributed by atoms with van der Waals surface area (Å²) in [6, 6.07) is 11.0. The number of carbonyl (C=O) groups excluding carboxylic acids is 1. The number of Topliss-reactive ketones (excluding diaryl/α,β-unsaturated/α-hetero) is 1. The third kappa shape index (κ3) is 6.18. The van der Waals surface area contributed by atoms with Gasteiger partial charge >= 0.3 is 6.18 Å². The predicted octanol–water partition coefficient (Wildman–Crippen LogP) is 6.41. The number of benzene rings is 2. The van der Waals surface area contributed by atoms with E-state index in [0.717, 1.165) is 49.9 Å². The van der Waals surface area contributed by atoms with Crippen LogP contribution < -0.4 is 9.47 Å². The van der Waals surface area contributed by atoms with Crippen LogP contribution >= 0.6 is 0 Å². The van der Waals surface area contributed by atoms with Crippen molar-refractivity contribution in [1.82, 2.24) is 4.90 Å². The van der Waals surface area contributed by atoms with Crippen LogP contribution in [-0.2, 0) is 23.0 Å². The van der Waals surface area contributed by atoms with Gasteiger partial charge in [0.1, 0.15) is 23.9 Å². The van der Waals surface area contributed by atoms with Gasteiger partial charge in [0.05, 0.1) is 12.2 Å². The molecule has 2 heterocycles. The Morgan fingerprint density at radius 2 is 1.80 bits per heavy atom. The average Bonchev–Trinajstić information content (AvgIpc) is 3.13. The first-order chi connectivity index (χ1) is 16.5. The standard InChI is InChI=1S/C28H34F3NO3/c1-26(2,3)17-21(33)10-13-32-14-11-27(12-15-32)19-35-25-9-8-22(16-24(25)27)34-18-20-6-4-5-7-23(20)28(29,30)31/h4-9,16H,10-15,17-19H2,1-3H3. The van der Waals surface area contributed by atoms with Gasteiger partial charge in [-0.3, -0.25) is 4.79 Å². The van der Waals surface area contributed by atoms with E-state index in [1.165, 1.54) is 12.1 Å². The Kier molecular flexibility index (Phi) is 7.18. The molecule has 2 aromatic rings. The molecule has 4 rings (SSSR count). The van der Waals surface area contributed by atoms with Crippen LogP contribution in [0.25, 0.3) is 0 Å². The molecule has 35 heavy (non-hydrogen) atoms. The smallest absolute Gasteiger partial charge is 0.416 e. The van der Waals surface area contributed by atoms with Crippen LogP contribution in [0, 0.1) is 5.41 Å². The molecule has 1 spiro atoms. The van der Waals surface area contributed by atoms with E-state index >= 15 is 0 Å². The number of carbonyl (C=O) groups is 1.